The molecule has 1 aromatic carbocycles. The van der Waals surface area contributed by atoms with E-state index in [-0.39, 0.29) is 5.91 Å². The first-order valence-corrected chi connectivity index (χ1v) is 7.02. The highest BCUT2D eigenvalue weighted by atomic mass is 32.2. The maximum absolute atomic E-state index is 12.1. The molecule has 0 bridgehead atoms. The zero-order valence-corrected chi connectivity index (χ0v) is 11.4. The van der Waals surface area contributed by atoms with Gasteiger partial charge in [0.15, 0.2) is 0 Å². The van der Waals surface area contributed by atoms with E-state index in [0.717, 1.165) is 5.75 Å². The number of nitriles is 1. The third kappa shape index (κ3) is 3.49. The Morgan fingerprint density at radius 1 is 1.56 bits per heavy atom. The van der Waals surface area contributed by atoms with Crippen LogP contribution < -0.4 is 10.6 Å². The van der Waals surface area contributed by atoms with Gasteiger partial charge in [-0.3, -0.25) is 4.79 Å². The number of carbonyl (C=O) groups excluding carboxylic acids is 1. The Morgan fingerprint density at radius 2 is 2.22 bits per heavy atom. The summed E-state index contributed by atoms with van der Waals surface area (Å²) in [5.41, 5.74) is 6.92. The van der Waals surface area contributed by atoms with E-state index in [9.17, 15) is 4.79 Å². The molecule has 0 fully saturated rings. The van der Waals surface area contributed by atoms with E-state index in [0.29, 0.717) is 17.7 Å². The largest absolute Gasteiger partial charge is 0.320 e. The van der Waals surface area contributed by atoms with Gasteiger partial charge in [-0.05, 0) is 30.6 Å². The average Bonchev–Trinajstić information content (AvgIpc) is 2.42. The maximum Gasteiger partial charge on any atom is 0.243 e. The van der Waals surface area contributed by atoms with Crippen LogP contribution >= 0.6 is 11.8 Å². The van der Waals surface area contributed by atoms with Crippen molar-refractivity contribution < 1.29 is 4.79 Å². The summed E-state index contributed by atoms with van der Waals surface area (Å²) >= 11 is 1.66. The molecule has 0 saturated carbocycles. The molecule has 1 aromatic rings. The summed E-state index contributed by atoms with van der Waals surface area (Å²) in [6.07, 6.45) is 2.62. The van der Waals surface area contributed by atoms with Crippen LogP contribution in [0.3, 0.4) is 0 Å². The lowest BCUT2D eigenvalue weighted by Gasteiger charge is -2.22. The molecule has 18 heavy (non-hydrogen) atoms. The molecule has 0 spiro atoms. The quantitative estimate of drug-likeness (QED) is 0.876. The van der Waals surface area contributed by atoms with Crippen molar-refractivity contribution in [2.45, 2.75) is 12.5 Å². The van der Waals surface area contributed by atoms with E-state index in [1.807, 2.05) is 6.26 Å². The number of thioether (sulfide) groups is 1. The Morgan fingerprint density at radius 3 is 2.83 bits per heavy atom. The second-order valence-corrected chi connectivity index (χ2v) is 4.90. The smallest absolute Gasteiger partial charge is 0.243 e. The number of nitrogens with two attached hydrogens (primary N) is 1. The Kier molecular flexibility index (Phi) is 5.69. The Hall–Kier alpha value is -1.51. The molecule has 1 rings (SSSR count). The number of carbonyl (C=O) groups is 1. The van der Waals surface area contributed by atoms with E-state index in [4.69, 9.17) is 11.0 Å². The topological polar surface area (TPSA) is 70.1 Å². The zero-order chi connectivity index (χ0) is 13.5. The third-order valence-electron chi connectivity index (χ3n) is 2.67. The number of benzene rings is 1. The predicted molar refractivity (Wildman–Crippen MR) is 75.5 cm³/mol. The molecular formula is C13H17N3OS. The molecule has 96 valence electrons. The van der Waals surface area contributed by atoms with Crippen molar-refractivity contribution in [3.63, 3.8) is 0 Å². The molecule has 0 aliphatic carbocycles. The first-order valence-electron chi connectivity index (χ1n) is 5.63. The minimum atomic E-state index is -0.519. The number of amides is 1. The lowest BCUT2D eigenvalue weighted by molar-refractivity contribution is -0.119. The molecule has 0 unspecified atom stereocenters. The van der Waals surface area contributed by atoms with Crippen molar-refractivity contribution in [2.75, 3.05) is 24.0 Å². The van der Waals surface area contributed by atoms with Crippen molar-refractivity contribution in [3.05, 3.63) is 29.8 Å². The van der Waals surface area contributed by atoms with Gasteiger partial charge in [0.2, 0.25) is 5.91 Å². The highest BCUT2D eigenvalue weighted by molar-refractivity contribution is 7.98. The van der Waals surface area contributed by atoms with Gasteiger partial charge in [-0.15, -0.1) is 0 Å². The van der Waals surface area contributed by atoms with Crippen LogP contribution in [0, 0.1) is 11.3 Å². The van der Waals surface area contributed by atoms with E-state index < -0.39 is 6.04 Å². The van der Waals surface area contributed by atoms with E-state index >= 15 is 0 Å². The Balaban J connectivity index is 2.83. The van der Waals surface area contributed by atoms with Crippen molar-refractivity contribution in [2.24, 2.45) is 5.73 Å². The van der Waals surface area contributed by atoms with Crippen LogP contribution in [-0.4, -0.2) is 31.0 Å². The number of anilines is 1. The molecule has 0 saturated heterocycles. The van der Waals surface area contributed by atoms with Crippen LogP contribution in [0.25, 0.3) is 0 Å². The summed E-state index contributed by atoms with van der Waals surface area (Å²) in [5, 5.41) is 9.01. The van der Waals surface area contributed by atoms with E-state index in [2.05, 4.69) is 6.07 Å². The molecular weight excluding hydrogens is 246 g/mol. The first kappa shape index (κ1) is 14.6. The minimum Gasteiger partial charge on any atom is -0.320 e. The van der Waals surface area contributed by atoms with Crippen molar-refractivity contribution in [1.29, 1.82) is 5.26 Å². The van der Waals surface area contributed by atoms with E-state index in [1.54, 1.807) is 43.1 Å². The molecule has 0 aromatic heterocycles. The van der Waals surface area contributed by atoms with Crippen LogP contribution in [0.5, 0.6) is 0 Å². The fraction of sp³-hybridized carbons (Fsp3) is 0.385. The summed E-state index contributed by atoms with van der Waals surface area (Å²) in [5.74, 6) is 0.687. The molecule has 2 N–H and O–H groups in total. The van der Waals surface area contributed by atoms with Crippen molar-refractivity contribution in [1.82, 2.24) is 0 Å². The lowest BCUT2D eigenvalue weighted by atomic mass is 10.1. The highest BCUT2D eigenvalue weighted by Crippen LogP contribution is 2.19. The van der Waals surface area contributed by atoms with Crippen molar-refractivity contribution >= 4 is 23.4 Å². The number of rotatable bonds is 5. The molecule has 5 heteroatoms. The van der Waals surface area contributed by atoms with Crippen LogP contribution in [0.4, 0.5) is 5.69 Å². The monoisotopic (exact) mass is 263 g/mol. The molecule has 1 atom stereocenters. The molecule has 0 heterocycles. The Labute approximate surface area is 112 Å². The SMILES string of the molecule is CSCC[C@@H](N)C(=O)N(C)c1ccccc1C#N. The molecule has 0 aliphatic heterocycles. The van der Waals surface area contributed by atoms with Gasteiger partial charge in [-0.25, -0.2) is 0 Å². The maximum atomic E-state index is 12.1. The fourth-order valence-corrected chi connectivity index (χ4v) is 2.09. The van der Waals surface area contributed by atoms with Crippen LogP contribution in [0.1, 0.15) is 12.0 Å². The third-order valence-corrected chi connectivity index (χ3v) is 3.31. The summed E-state index contributed by atoms with van der Waals surface area (Å²) in [6.45, 7) is 0. The fourth-order valence-electron chi connectivity index (χ4n) is 1.60. The van der Waals surface area contributed by atoms with Gasteiger partial charge in [-0.2, -0.15) is 17.0 Å². The van der Waals surface area contributed by atoms with Gasteiger partial charge in [0.25, 0.3) is 0 Å². The molecule has 0 aliphatic rings. The normalized spacial score (nSPS) is 11.7. The number of likely N-dealkylation sites (N-methyl/N-ethyl adjacent to an activating group) is 1. The summed E-state index contributed by atoms with van der Waals surface area (Å²) in [4.78, 5) is 13.6. The van der Waals surface area contributed by atoms with E-state index in [1.165, 1.54) is 4.90 Å². The lowest BCUT2D eigenvalue weighted by Crippen LogP contribution is -2.42. The number of nitrogens with zero attached hydrogens (tertiary/aromatic N) is 2. The second-order valence-electron chi connectivity index (χ2n) is 3.91. The minimum absolute atomic E-state index is 0.160. The van der Waals surface area contributed by atoms with Crippen molar-refractivity contribution in [3.8, 4) is 6.07 Å². The van der Waals surface area contributed by atoms with Gasteiger partial charge in [0, 0.05) is 7.05 Å². The number of para-hydroxylation sites is 1. The van der Waals surface area contributed by atoms with Crippen LogP contribution in [-0.2, 0) is 4.79 Å². The molecule has 0 radical (unpaired) electrons. The summed E-state index contributed by atoms with van der Waals surface area (Å²) in [6, 6.07) is 8.56. The van der Waals surface area contributed by atoms with Crippen LogP contribution in [0.2, 0.25) is 0 Å². The highest BCUT2D eigenvalue weighted by Gasteiger charge is 2.20. The number of hydrogen-bond donors (Lipinski definition) is 1. The average molecular weight is 263 g/mol. The van der Waals surface area contributed by atoms with Gasteiger partial charge in [-0.1, -0.05) is 12.1 Å². The standard InChI is InChI=1S/C13H17N3OS/c1-16(13(17)11(15)7-8-18-2)12-6-4-3-5-10(12)9-14/h3-6,11H,7-8,15H2,1-2H3/t11-/m1/s1. The second kappa shape index (κ2) is 7.04. The van der Waals surface area contributed by atoms with Gasteiger partial charge in [0.1, 0.15) is 6.07 Å². The summed E-state index contributed by atoms with van der Waals surface area (Å²) in [7, 11) is 1.65. The summed E-state index contributed by atoms with van der Waals surface area (Å²) < 4.78 is 0. The predicted octanol–water partition coefficient (Wildman–Crippen LogP) is 1.60. The van der Waals surface area contributed by atoms with Gasteiger partial charge >= 0.3 is 0 Å². The molecule has 4 nitrogen and oxygen atoms in total. The van der Waals surface area contributed by atoms with Crippen LogP contribution in [0.15, 0.2) is 24.3 Å². The van der Waals surface area contributed by atoms with Gasteiger partial charge in [0.05, 0.1) is 17.3 Å². The van der Waals surface area contributed by atoms with Gasteiger partial charge < -0.3 is 10.6 Å². The zero-order valence-electron chi connectivity index (χ0n) is 10.6. The Bertz CT molecular complexity index is 456. The number of hydrogen-bond acceptors (Lipinski definition) is 4. The first-order chi connectivity index (χ1) is 8.61. The molecule has 1 amide bonds.